The molecule has 0 amide bonds. The minimum Gasteiger partial charge on any atom is -0.508 e. The Hall–Kier alpha value is -2.11. The van der Waals surface area contributed by atoms with E-state index in [2.05, 4.69) is 6.58 Å². The monoisotopic (exact) mass is 413 g/mol. The van der Waals surface area contributed by atoms with Gasteiger partial charge in [-0.05, 0) is 48.4 Å². The van der Waals surface area contributed by atoms with Gasteiger partial charge in [0.1, 0.15) is 5.76 Å². The molecule has 2 nitrogen and oxygen atoms in total. The van der Waals surface area contributed by atoms with Crippen LogP contribution in [0.15, 0.2) is 36.9 Å². The van der Waals surface area contributed by atoms with Crippen molar-refractivity contribution in [3.05, 3.63) is 74.9 Å². The maximum atomic E-state index is 13.1. The second-order valence-electron chi connectivity index (χ2n) is 6.43. The Balaban J connectivity index is 2.15. The molecule has 1 N–H and O–H groups in total. The predicted molar refractivity (Wildman–Crippen MR) is 104 cm³/mol. The van der Waals surface area contributed by atoms with Crippen LogP contribution in [-0.2, 0) is 19.6 Å². The average molecular weight is 414 g/mol. The van der Waals surface area contributed by atoms with Crippen molar-refractivity contribution in [3.8, 4) is 0 Å². The summed E-state index contributed by atoms with van der Waals surface area (Å²) >= 11 is 12.6. The third kappa shape index (κ3) is 3.54. The Labute approximate surface area is 164 Å². The molecule has 0 unspecified atom stereocenters. The molecule has 27 heavy (non-hydrogen) atoms. The number of hydrogen-bond acceptors (Lipinski definition) is 1. The standard InChI is InChI=1S/C20H16Cl2F3NO/c1-10-6-12(20(23,24)25)7-18-15(10)8-13(26(18)3)9-16-17(21)5-4-14(11(2)27)19(16)22/h4-8,27H,2,9H2,1,3H3. The molecule has 0 atom stereocenters. The van der Waals surface area contributed by atoms with Gasteiger partial charge in [-0.2, -0.15) is 13.2 Å². The van der Waals surface area contributed by atoms with Gasteiger partial charge in [0.05, 0.1) is 10.6 Å². The van der Waals surface area contributed by atoms with E-state index >= 15 is 0 Å². The van der Waals surface area contributed by atoms with Crippen LogP contribution in [0.2, 0.25) is 10.0 Å². The zero-order valence-corrected chi connectivity index (χ0v) is 16.1. The number of hydrogen-bond donors (Lipinski definition) is 1. The Kier molecular flexibility index (Phi) is 4.95. The summed E-state index contributed by atoms with van der Waals surface area (Å²) in [5, 5.41) is 11.1. The van der Waals surface area contributed by atoms with E-state index in [-0.39, 0.29) is 10.8 Å². The highest BCUT2D eigenvalue weighted by Gasteiger charge is 2.31. The maximum absolute atomic E-state index is 13.1. The lowest BCUT2D eigenvalue weighted by Crippen LogP contribution is -2.06. The number of aliphatic hydroxyl groups is 1. The molecule has 0 aliphatic carbocycles. The second-order valence-corrected chi connectivity index (χ2v) is 7.21. The maximum Gasteiger partial charge on any atom is 0.416 e. The number of alkyl halides is 3. The van der Waals surface area contributed by atoms with Crippen molar-refractivity contribution in [2.75, 3.05) is 0 Å². The van der Waals surface area contributed by atoms with Crippen molar-refractivity contribution in [1.29, 1.82) is 0 Å². The van der Waals surface area contributed by atoms with Crippen molar-refractivity contribution >= 4 is 39.9 Å². The third-order valence-electron chi connectivity index (χ3n) is 4.65. The number of halogens is 5. The average Bonchev–Trinajstić information content (AvgIpc) is 2.87. The summed E-state index contributed by atoms with van der Waals surface area (Å²) in [4.78, 5) is 0. The van der Waals surface area contributed by atoms with Crippen LogP contribution in [0.3, 0.4) is 0 Å². The molecule has 2 aromatic carbocycles. The first kappa shape index (κ1) is 19.6. The largest absolute Gasteiger partial charge is 0.508 e. The van der Waals surface area contributed by atoms with Gasteiger partial charge in [-0.25, -0.2) is 0 Å². The summed E-state index contributed by atoms with van der Waals surface area (Å²) in [6, 6.07) is 7.29. The van der Waals surface area contributed by atoms with Gasteiger partial charge in [0, 0.05) is 40.7 Å². The van der Waals surface area contributed by atoms with Gasteiger partial charge in [-0.3, -0.25) is 0 Å². The third-order valence-corrected chi connectivity index (χ3v) is 5.44. The van der Waals surface area contributed by atoms with E-state index in [9.17, 15) is 18.3 Å². The number of aliphatic hydroxyl groups excluding tert-OH is 1. The van der Waals surface area contributed by atoms with Crippen molar-refractivity contribution < 1.29 is 18.3 Å². The number of nitrogens with zero attached hydrogens (tertiary/aromatic N) is 1. The van der Waals surface area contributed by atoms with E-state index in [1.807, 2.05) is 6.07 Å². The summed E-state index contributed by atoms with van der Waals surface area (Å²) in [5.41, 5.74) is 2.02. The topological polar surface area (TPSA) is 25.2 Å². The number of fused-ring (bicyclic) bond motifs is 1. The van der Waals surface area contributed by atoms with Crippen LogP contribution in [0, 0.1) is 6.92 Å². The van der Waals surface area contributed by atoms with Crippen LogP contribution in [0.25, 0.3) is 16.7 Å². The highest BCUT2D eigenvalue weighted by Crippen LogP contribution is 2.36. The lowest BCUT2D eigenvalue weighted by molar-refractivity contribution is -0.137. The molecule has 1 heterocycles. The summed E-state index contributed by atoms with van der Waals surface area (Å²) < 4.78 is 41.1. The van der Waals surface area contributed by atoms with E-state index in [0.717, 1.165) is 23.2 Å². The van der Waals surface area contributed by atoms with Gasteiger partial charge in [-0.1, -0.05) is 29.8 Å². The fraction of sp³-hybridized carbons (Fsp3) is 0.200. The van der Waals surface area contributed by atoms with Gasteiger partial charge in [0.25, 0.3) is 0 Å². The van der Waals surface area contributed by atoms with Gasteiger partial charge in [-0.15, -0.1) is 0 Å². The lowest BCUT2D eigenvalue weighted by atomic mass is 10.0. The van der Waals surface area contributed by atoms with Crippen molar-refractivity contribution in [3.63, 3.8) is 0 Å². The Morgan fingerprint density at radius 3 is 2.44 bits per heavy atom. The Morgan fingerprint density at radius 2 is 1.85 bits per heavy atom. The number of aryl methyl sites for hydroxylation is 2. The smallest absolute Gasteiger partial charge is 0.416 e. The fourth-order valence-electron chi connectivity index (χ4n) is 3.16. The highest BCUT2D eigenvalue weighted by molar-refractivity contribution is 6.37. The first-order valence-corrected chi connectivity index (χ1v) is 8.77. The minimum absolute atomic E-state index is 0.180. The van der Waals surface area contributed by atoms with Gasteiger partial charge < -0.3 is 9.67 Å². The SMILES string of the molecule is C=C(O)c1ccc(Cl)c(Cc2cc3c(C)cc(C(F)(F)F)cc3n2C)c1Cl. The van der Waals surface area contributed by atoms with Crippen LogP contribution >= 0.6 is 23.2 Å². The normalized spacial score (nSPS) is 12.0. The molecular weight excluding hydrogens is 398 g/mol. The quantitative estimate of drug-likeness (QED) is 0.462. The zero-order valence-electron chi connectivity index (χ0n) is 14.6. The molecule has 0 bridgehead atoms. The molecule has 0 saturated carbocycles. The number of benzene rings is 2. The minimum atomic E-state index is -4.41. The Bertz CT molecular complexity index is 1070. The van der Waals surface area contributed by atoms with E-state index in [4.69, 9.17) is 23.2 Å². The van der Waals surface area contributed by atoms with E-state index in [0.29, 0.717) is 33.7 Å². The molecule has 0 spiro atoms. The molecule has 142 valence electrons. The molecule has 7 heteroatoms. The molecular formula is C20H16Cl2F3NO. The van der Waals surface area contributed by atoms with Crippen LogP contribution in [0.1, 0.15) is 27.9 Å². The molecule has 0 aliphatic heterocycles. The zero-order chi connectivity index (χ0) is 20.1. The number of aromatic nitrogens is 1. The van der Waals surface area contributed by atoms with Crippen LogP contribution < -0.4 is 0 Å². The second kappa shape index (κ2) is 6.80. The molecule has 1 aromatic heterocycles. The van der Waals surface area contributed by atoms with Crippen molar-refractivity contribution in [2.45, 2.75) is 19.5 Å². The molecule has 0 saturated heterocycles. The first-order valence-electron chi connectivity index (χ1n) is 8.02. The molecule has 0 aliphatic rings. The first-order chi connectivity index (χ1) is 12.5. The van der Waals surface area contributed by atoms with Gasteiger partial charge in [0.15, 0.2) is 0 Å². The van der Waals surface area contributed by atoms with Crippen LogP contribution in [-0.4, -0.2) is 9.67 Å². The van der Waals surface area contributed by atoms with E-state index < -0.39 is 11.7 Å². The summed E-state index contributed by atoms with van der Waals surface area (Å²) in [6.45, 7) is 5.13. The van der Waals surface area contributed by atoms with Crippen molar-refractivity contribution in [2.24, 2.45) is 7.05 Å². The molecule has 0 radical (unpaired) electrons. The van der Waals surface area contributed by atoms with Gasteiger partial charge >= 0.3 is 6.18 Å². The highest BCUT2D eigenvalue weighted by atomic mass is 35.5. The predicted octanol–water partition coefficient (Wildman–Crippen LogP) is 6.93. The molecule has 0 fully saturated rings. The summed E-state index contributed by atoms with van der Waals surface area (Å²) in [6.07, 6.45) is -4.11. The van der Waals surface area contributed by atoms with E-state index in [1.54, 1.807) is 30.7 Å². The molecule has 3 aromatic rings. The summed E-state index contributed by atoms with van der Waals surface area (Å²) in [5.74, 6) is -0.180. The lowest BCUT2D eigenvalue weighted by Gasteiger charge is -2.12. The van der Waals surface area contributed by atoms with Crippen LogP contribution in [0.5, 0.6) is 0 Å². The van der Waals surface area contributed by atoms with Crippen molar-refractivity contribution in [1.82, 2.24) is 4.57 Å². The molecule has 3 rings (SSSR count). The summed E-state index contributed by atoms with van der Waals surface area (Å²) in [7, 11) is 1.70. The van der Waals surface area contributed by atoms with Crippen LogP contribution in [0.4, 0.5) is 13.2 Å². The number of rotatable bonds is 3. The van der Waals surface area contributed by atoms with E-state index in [1.165, 1.54) is 0 Å². The Morgan fingerprint density at radius 1 is 1.19 bits per heavy atom. The fourth-order valence-corrected chi connectivity index (χ4v) is 3.77. The van der Waals surface area contributed by atoms with Gasteiger partial charge in [0.2, 0.25) is 0 Å².